The van der Waals surface area contributed by atoms with Crippen molar-refractivity contribution < 1.29 is 14.3 Å². The molecule has 0 saturated carbocycles. The van der Waals surface area contributed by atoms with Gasteiger partial charge in [0.25, 0.3) is 5.91 Å². The Kier molecular flexibility index (Phi) is 8.74. The molecule has 7 heteroatoms. The van der Waals surface area contributed by atoms with Crippen LogP contribution in [0.3, 0.4) is 0 Å². The first kappa shape index (κ1) is 24.2. The standard InChI is InChI=1S/C23H28BrClN2O3/c1-14(2)26-23(29)17(5)27(12-18-8-6-7-9-20(18)25)21(28)13-30-19-10-15(3)22(24)16(4)11-19/h6-11,14,17H,12-13H2,1-5H3,(H,26,29)/t17-/m0/s1. The van der Waals surface area contributed by atoms with Crippen LogP contribution in [0.5, 0.6) is 5.75 Å². The Hall–Kier alpha value is -2.05. The van der Waals surface area contributed by atoms with Crippen LogP contribution in [0.2, 0.25) is 5.02 Å². The lowest BCUT2D eigenvalue weighted by atomic mass is 10.1. The second-order valence-corrected chi connectivity index (χ2v) is 8.81. The molecule has 0 heterocycles. The molecule has 0 bridgehead atoms. The van der Waals surface area contributed by atoms with Gasteiger partial charge in [-0.25, -0.2) is 0 Å². The summed E-state index contributed by atoms with van der Waals surface area (Å²) in [6, 6.07) is 10.3. The highest BCUT2D eigenvalue weighted by atomic mass is 79.9. The largest absolute Gasteiger partial charge is 0.484 e. The first-order valence-electron chi connectivity index (χ1n) is 9.83. The van der Waals surface area contributed by atoms with Crippen molar-refractivity contribution >= 4 is 39.3 Å². The maximum atomic E-state index is 13.1. The molecule has 2 amide bonds. The molecule has 0 aromatic heterocycles. The Bertz CT molecular complexity index is 894. The zero-order chi connectivity index (χ0) is 22.4. The summed E-state index contributed by atoms with van der Waals surface area (Å²) in [6.45, 7) is 9.44. The number of carbonyl (C=O) groups excluding carboxylic acids is 2. The molecule has 5 nitrogen and oxygen atoms in total. The van der Waals surface area contributed by atoms with E-state index < -0.39 is 6.04 Å². The molecular formula is C23H28BrClN2O3. The summed E-state index contributed by atoms with van der Waals surface area (Å²) in [5.74, 6) is 0.0961. The summed E-state index contributed by atoms with van der Waals surface area (Å²) >= 11 is 9.82. The van der Waals surface area contributed by atoms with Gasteiger partial charge in [0.05, 0.1) is 0 Å². The molecule has 0 aliphatic carbocycles. The number of aryl methyl sites for hydroxylation is 2. The summed E-state index contributed by atoms with van der Waals surface area (Å²) in [4.78, 5) is 27.2. The average molecular weight is 496 g/mol. The fourth-order valence-corrected chi connectivity index (χ4v) is 3.44. The molecule has 0 aliphatic heterocycles. The van der Waals surface area contributed by atoms with Gasteiger partial charge in [-0.2, -0.15) is 0 Å². The normalized spacial score (nSPS) is 11.9. The van der Waals surface area contributed by atoms with Gasteiger partial charge in [-0.05, 0) is 69.5 Å². The minimum Gasteiger partial charge on any atom is -0.484 e. The second kappa shape index (κ2) is 10.8. The van der Waals surface area contributed by atoms with Gasteiger partial charge in [0.15, 0.2) is 6.61 Å². The number of ether oxygens (including phenoxy) is 1. The molecule has 162 valence electrons. The van der Waals surface area contributed by atoms with Gasteiger partial charge < -0.3 is 15.0 Å². The molecule has 0 unspecified atom stereocenters. The van der Waals surface area contributed by atoms with Crippen LogP contribution in [0.1, 0.15) is 37.5 Å². The molecule has 1 N–H and O–H groups in total. The molecule has 1 atom stereocenters. The fourth-order valence-electron chi connectivity index (χ4n) is 3.02. The smallest absolute Gasteiger partial charge is 0.261 e. The Morgan fingerprint density at radius 2 is 1.73 bits per heavy atom. The predicted molar refractivity (Wildman–Crippen MR) is 124 cm³/mol. The third-order valence-corrected chi connectivity index (χ3v) is 6.29. The van der Waals surface area contributed by atoms with E-state index in [2.05, 4.69) is 21.2 Å². The number of hydrogen-bond acceptors (Lipinski definition) is 3. The minimum absolute atomic E-state index is 0.0258. The lowest BCUT2D eigenvalue weighted by molar-refractivity contribution is -0.142. The Morgan fingerprint density at radius 1 is 1.13 bits per heavy atom. The van der Waals surface area contributed by atoms with Crippen LogP contribution in [0.4, 0.5) is 0 Å². The summed E-state index contributed by atoms with van der Waals surface area (Å²) in [5, 5.41) is 3.41. The van der Waals surface area contributed by atoms with E-state index in [-0.39, 0.29) is 31.0 Å². The first-order valence-corrected chi connectivity index (χ1v) is 11.0. The van der Waals surface area contributed by atoms with Gasteiger partial charge in [0.2, 0.25) is 5.91 Å². The Balaban J connectivity index is 2.21. The molecule has 0 radical (unpaired) electrons. The lowest BCUT2D eigenvalue weighted by Crippen LogP contribution is -2.50. The van der Waals surface area contributed by atoms with Crippen LogP contribution in [0, 0.1) is 13.8 Å². The van der Waals surface area contributed by atoms with Gasteiger partial charge in [0.1, 0.15) is 11.8 Å². The van der Waals surface area contributed by atoms with E-state index in [1.165, 1.54) is 4.90 Å². The number of halogens is 2. The van der Waals surface area contributed by atoms with Crippen LogP contribution >= 0.6 is 27.5 Å². The van der Waals surface area contributed by atoms with Crippen molar-refractivity contribution in [2.45, 2.75) is 53.2 Å². The van der Waals surface area contributed by atoms with Crippen LogP contribution in [0.25, 0.3) is 0 Å². The highest BCUT2D eigenvalue weighted by Crippen LogP contribution is 2.26. The van der Waals surface area contributed by atoms with Crippen molar-refractivity contribution in [2.24, 2.45) is 0 Å². The molecule has 0 saturated heterocycles. The highest BCUT2D eigenvalue weighted by Gasteiger charge is 2.27. The van der Waals surface area contributed by atoms with E-state index in [1.807, 2.05) is 58.0 Å². The molecule has 0 spiro atoms. The maximum absolute atomic E-state index is 13.1. The van der Waals surface area contributed by atoms with E-state index in [4.69, 9.17) is 16.3 Å². The number of rotatable bonds is 8. The van der Waals surface area contributed by atoms with E-state index in [0.29, 0.717) is 10.8 Å². The summed E-state index contributed by atoms with van der Waals surface area (Å²) < 4.78 is 6.78. The number of nitrogens with zero attached hydrogens (tertiary/aromatic N) is 1. The first-order chi connectivity index (χ1) is 14.1. The van der Waals surface area contributed by atoms with Crippen molar-refractivity contribution in [1.82, 2.24) is 10.2 Å². The zero-order valence-corrected chi connectivity index (χ0v) is 20.3. The predicted octanol–water partition coefficient (Wildman–Crippen LogP) is 5.04. The Morgan fingerprint density at radius 3 is 2.30 bits per heavy atom. The lowest BCUT2D eigenvalue weighted by Gasteiger charge is -2.29. The monoisotopic (exact) mass is 494 g/mol. The average Bonchev–Trinajstić information content (AvgIpc) is 2.68. The van der Waals surface area contributed by atoms with Gasteiger partial charge in [-0.3, -0.25) is 9.59 Å². The van der Waals surface area contributed by atoms with Crippen LogP contribution < -0.4 is 10.1 Å². The van der Waals surface area contributed by atoms with E-state index in [0.717, 1.165) is 21.2 Å². The van der Waals surface area contributed by atoms with Crippen molar-refractivity contribution in [3.05, 3.63) is 62.6 Å². The number of hydrogen-bond donors (Lipinski definition) is 1. The molecule has 30 heavy (non-hydrogen) atoms. The quantitative estimate of drug-likeness (QED) is 0.558. The summed E-state index contributed by atoms with van der Waals surface area (Å²) in [7, 11) is 0. The number of carbonyl (C=O) groups is 2. The van der Waals surface area contributed by atoms with E-state index in [1.54, 1.807) is 13.0 Å². The summed E-state index contributed by atoms with van der Waals surface area (Å²) in [6.07, 6.45) is 0. The number of nitrogens with one attached hydrogen (secondary N) is 1. The highest BCUT2D eigenvalue weighted by molar-refractivity contribution is 9.10. The fraction of sp³-hybridized carbons (Fsp3) is 0.391. The summed E-state index contributed by atoms with van der Waals surface area (Å²) in [5.41, 5.74) is 2.82. The molecule has 0 aliphatic rings. The van der Waals surface area contributed by atoms with Crippen molar-refractivity contribution in [3.63, 3.8) is 0 Å². The molecule has 2 rings (SSSR count). The second-order valence-electron chi connectivity index (χ2n) is 7.61. The van der Waals surface area contributed by atoms with E-state index >= 15 is 0 Å². The third kappa shape index (κ3) is 6.47. The maximum Gasteiger partial charge on any atom is 0.261 e. The third-order valence-electron chi connectivity index (χ3n) is 4.67. The molecule has 2 aromatic rings. The number of amides is 2. The zero-order valence-electron chi connectivity index (χ0n) is 18.0. The molecular weight excluding hydrogens is 468 g/mol. The topological polar surface area (TPSA) is 58.6 Å². The van der Waals surface area contributed by atoms with Crippen LogP contribution in [0.15, 0.2) is 40.9 Å². The SMILES string of the molecule is Cc1cc(OCC(=O)N(Cc2ccccc2Cl)[C@@H](C)C(=O)NC(C)C)cc(C)c1Br. The number of benzene rings is 2. The van der Waals surface area contributed by atoms with Crippen LogP contribution in [-0.2, 0) is 16.1 Å². The van der Waals surface area contributed by atoms with Gasteiger partial charge in [0, 0.05) is 22.1 Å². The van der Waals surface area contributed by atoms with E-state index in [9.17, 15) is 9.59 Å². The van der Waals surface area contributed by atoms with Crippen molar-refractivity contribution in [3.8, 4) is 5.75 Å². The van der Waals surface area contributed by atoms with Gasteiger partial charge in [-0.1, -0.05) is 45.7 Å². The minimum atomic E-state index is -0.673. The van der Waals surface area contributed by atoms with Crippen molar-refractivity contribution in [2.75, 3.05) is 6.61 Å². The van der Waals surface area contributed by atoms with Crippen molar-refractivity contribution in [1.29, 1.82) is 0 Å². The Labute approximate surface area is 191 Å². The van der Waals surface area contributed by atoms with Gasteiger partial charge >= 0.3 is 0 Å². The van der Waals surface area contributed by atoms with Crippen LogP contribution in [-0.4, -0.2) is 35.4 Å². The molecule has 2 aromatic carbocycles. The molecule has 0 fully saturated rings. The van der Waals surface area contributed by atoms with Gasteiger partial charge in [-0.15, -0.1) is 0 Å².